The number of carbonyl (C=O) groups is 1. The fourth-order valence-electron chi connectivity index (χ4n) is 4.56. The van der Waals surface area contributed by atoms with Crippen molar-refractivity contribution in [1.29, 1.82) is 0 Å². The van der Waals surface area contributed by atoms with Crippen LogP contribution in [-0.4, -0.2) is 49.4 Å². The number of rotatable bonds is 7. The molecule has 0 bridgehead atoms. The first-order chi connectivity index (χ1) is 19.1. The number of amides is 1. The molecule has 2 aromatic carbocycles. The highest BCUT2D eigenvalue weighted by Gasteiger charge is 2.71. The van der Waals surface area contributed by atoms with E-state index in [0.717, 1.165) is 34.6 Å². The Balaban J connectivity index is 1.73. The van der Waals surface area contributed by atoms with Crippen LogP contribution in [0.15, 0.2) is 71.9 Å². The standard InChI is InChI=1S/C26H22F7N3O4S/c27-19-5-8-21(9-6-19)41(39,40)36-20(15-35-23(37)12-16-2-1-11-34-14-16)7-3-17-13-18(4-10-22(17)36)24(38,25(28,29)30)26(31,32)33/h1-2,4-6,8-11,13-14,20,38H,3,7,12,15H2,(H,35,37)/t20-/m0/s1. The number of fused-ring (bicyclic) bond motifs is 1. The molecule has 3 aromatic rings. The quantitative estimate of drug-likeness (QED) is 0.389. The molecular weight excluding hydrogens is 583 g/mol. The maximum Gasteiger partial charge on any atom is 0.430 e. The largest absolute Gasteiger partial charge is 0.430 e. The molecule has 1 amide bonds. The number of hydrogen-bond acceptors (Lipinski definition) is 5. The number of sulfonamides is 1. The zero-order chi connectivity index (χ0) is 30.2. The SMILES string of the molecule is O=C(Cc1cccnc1)NC[C@@H]1CCc2cc(C(O)(C(F)(F)F)C(F)(F)F)ccc2N1S(=O)(=O)c1ccc(F)cc1. The molecule has 2 heterocycles. The first kappa shape index (κ1) is 30.2. The van der Waals surface area contributed by atoms with Crippen LogP contribution in [-0.2, 0) is 33.3 Å². The Bertz CT molecular complexity index is 1500. The fourth-order valence-corrected chi connectivity index (χ4v) is 6.28. The second kappa shape index (κ2) is 10.9. The molecule has 15 heteroatoms. The minimum atomic E-state index is -6.13. The van der Waals surface area contributed by atoms with Gasteiger partial charge in [-0.3, -0.25) is 14.1 Å². The molecule has 220 valence electrons. The zero-order valence-electron chi connectivity index (χ0n) is 20.9. The number of hydrogen-bond donors (Lipinski definition) is 2. The van der Waals surface area contributed by atoms with Crippen LogP contribution in [0.4, 0.5) is 36.4 Å². The van der Waals surface area contributed by atoms with Crippen molar-refractivity contribution in [2.75, 3.05) is 10.8 Å². The van der Waals surface area contributed by atoms with Gasteiger partial charge in [0.1, 0.15) is 5.82 Å². The van der Waals surface area contributed by atoms with Gasteiger partial charge in [0, 0.05) is 24.5 Å². The number of halogens is 7. The third-order valence-corrected chi connectivity index (χ3v) is 8.51. The van der Waals surface area contributed by atoms with Gasteiger partial charge in [-0.25, -0.2) is 12.8 Å². The molecule has 1 aliphatic rings. The third kappa shape index (κ3) is 5.86. The average molecular weight is 606 g/mol. The summed E-state index contributed by atoms with van der Waals surface area (Å²) in [6.45, 7) is -0.254. The molecule has 41 heavy (non-hydrogen) atoms. The smallest absolute Gasteiger partial charge is 0.369 e. The molecule has 2 N–H and O–H groups in total. The van der Waals surface area contributed by atoms with Crippen molar-refractivity contribution in [2.24, 2.45) is 0 Å². The highest BCUT2D eigenvalue weighted by Crippen LogP contribution is 2.51. The summed E-state index contributed by atoms with van der Waals surface area (Å²) < 4.78 is 123. The first-order valence-electron chi connectivity index (χ1n) is 12.0. The number of anilines is 1. The molecule has 0 aliphatic carbocycles. The summed E-state index contributed by atoms with van der Waals surface area (Å²) in [5.74, 6) is -1.23. The topological polar surface area (TPSA) is 99.6 Å². The van der Waals surface area contributed by atoms with Gasteiger partial charge in [-0.2, -0.15) is 26.3 Å². The highest BCUT2D eigenvalue weighted by atomic mass is 32.2. The number of nitrogens with zero attached hydrogens (tertiary/aromatic N) is 2. The van der Waals surface area contributed by atoms with Crippen LogP contribution in [0.2, 0.25) is 0 Å². The first-order valence-corrected chi connectivity index (χ1v) is 13.4. The normalized spacial score (nSPS) is 16.3. The number of aryl methyl sites for hydroxylation is 1. The number of benzene rings is 2. The van der Waals surface area contributed by atoms with E-state index in [1.165, 1.54) is 12.4 Å². The Labute approximate surface area is 229 Å². The van der Waals surface area contributed by atoms with E-state index in [1.54, 1.807) is 12.1 Å². The van der Waals surface area contributed by atoms with Crippen molar-refractivity contribution in [2.45, 2.75) is 48.2 Å². The van der Waals surface area contributed by atoms with Gasteiger partial charge in [-0.1, -0.05) is 18.2 Å². The van der Waals surface area contributed by atoms with Crippen molar-refractivity contribution < 1.29 is 49.1 Å². The van der Waals surface area contributed by atoms with E-state index in [0.29, 0.717) is 17.7 Å². The highest BCUT2D eigenvalue weighted by molar-refractivity contribution is 7.92. The maximum absolute atomic E-state index is 13.7. The summed E-state index contributed by atoms with van der Waals surface area (Å²) in [4.78, 5) is 16.0. The Morgan fingerprint density at radius 1 is 1.02 bits per heavy atom. The Hall–Kier alpha value is -3.72. The van der Waals surface area contributed by atoms with E-state index >= 15 is 0 Å². The molecule has 0 unspecified atom stereocenters. The van der Waals surface area contributed by atoms with E-state index in [2.05, 4.69) is 10.3 Å². The fraction of sp³-hybridized carbons (Fsp3) is 0.308. The van der Waals surface area contributed by atoms with E-state index in [9.17, 15) is 49.1 Å². The van der Waals surface area contributed by atoms with E-state index in [-0.39, 0.29) is 37.1 Å². The number of nitrogens with one attached hydrogen (secondary N) is 1. The second-order valence-electron chi connectivity index (χ2n) is 9.34. The molecular formula is C26H22F7N3O4S. The summed E-state index contributed by atoms with van der Waals surface area (Å²) in [6.07, 6.45) is -9.66. The van der Waals surface area contributed by atoms with Crippen LogP contribution in [0.1, 0.15) is 23.1 Å². The van der Waals surface area contributed by atoms with Crippen molar-refractivity contribution in [3.05, 3.63) is 89.5 Å². The number of aliphatic hydroxyl groups is 1. The Morgan fingerprint density at radius 3 is 2.27 bits per heavy atom. The third-order valence-electron chi connectivity index (χ3n) is 6.63. The van der Waals surface area contributed by atoms with Crippen molar-refractivity contribution in [3.8, 4) is 0 Å². The monoisotopic (exact) mass is 605 g/mol. The Morgan fingerprint density at radius 2 is 1.68 bits per heavy atom. The van der Waals surface area contributed by atoms with Gasteiger partial charge in [-0.05, 0) is 60.4 Å². The summed E-state index contributed by atoms with van der Waals surface area (Å²) in [6, 6.07) is 7.49. The molecule has 0 saturated carbocycles. The van der Waals surface area contributed by atoms with Crippen LogP contribution in [0.25, 0.3) is 0 Å². The number of carbonyl (C=O) groups excluding carboxylic acids is 1. The lowest BCUT2D eigenvalue weighted by Crippen LogP contribution is -2.54. The predicted molar refractivity (Wildman–Crippen MR) is 132 cm³/mol. The Kier molecular flexibility index (Phi) is 8.06. The summed E-state index contributed by atoms with van der Waals surface area (Å²) in [5, 5.41) is 12.4. The molecule has 1 aromatic heterocycles. The average Bonchev–Trinajstić information content (AvgIpc) is 2.90. The molecule has 1 aliphatic heterocycles. The van der Waals surface area contributed by atoms with Gasteiger partial charge < -0.3 is 10.4 Å². The molecule has 4 rings (SSSR count). The van der Waals surface area contributed by atoms with Gasteiger partial charge >= 0.3 is 12.4 Å². The van der Waals surface area contributed by atoms with E-state index in [1.807, 2.05) is 0 Å². The number of aromatic nitrogens is 1. The van der Waals surface area contributed by atoms with Crippen LogP contribution >= 0.6 is 0 Å². The van der Waals surface area contributed by atoms with Crippen LogP contribution < -0.4 is 9.62 Å². The van der Waals surface area contributed by atoms with Gasteiger partial charge in [0.25, 0.3) is 15.6 Å². The summed E-state index contributed by atoms with van der Waals surface area (Å²) in [7, 11) is -4.55. The second-order valence-corrected chi connectivity index (χ2v) is 11.2. The lowest BCUT2D eigenvalue weighted by atomic mass is 9.88. The predicted octanol–water partition coefficient (Wildman–Crippen LogP) is 4.40. The number of alkyl halides is 6. The van der Waals surface area contributed by atoms with Crippen molar-refractivity contribution in [1.82, 2.24) is 10.3 Å². The van der Waals surface area contributed by atoms with Gasteiger partial charge in [0.05, 0.1) is 23.0 Å². The minimum absolute atomic E-state index is 0.0846. The zero-order valence-corrected chi connectivity index (χ0v) is 21.7. The van der Waals surface area contributed by atoms with Gasteiger partial charge in [-0.15, -0.1) is 0 Å². The van der Waals surface area contributed by atoms with Crippen LogP contribution in [0.3, 0.4) is 0 Å². The molecule has 0 radical (unpaired) electrons. The van der Waals surface area contributed by atoms with Crippen LogP contribution in [0.5, 0.6) is 0 Å². The molecule has 0 fully saturated rings. The summed E-state index contributed by atoms with van der Waals surface area (Å²) in [5.41, 5.74) is -6.62. The maximum atomic E-state index is 13.7. The molecule has 7 nitrogen and oxygen atoms in total. The minimum Gasteiger partial charge on any atom is -0.369 e. The van der Waals surface area contributed by atoms with Gasteiger partial charge in [0.15, 0.2) is 0 Å². The lowest BCUT2D eigenvalue weighted by molar-refractivity contribution is -0.376. The molecule has 1 atom stereocenters. The van der Waals surface area contributed by atoms with Gasteiger partial charge in [0.2, 0.25) is 5.91 Å². The van der Waals surface area contributed by atoms with E-state index in [4.69, 9.17) is 0 Å². The summed E-state index contributed by atoms with van der Waals surface area (Å²) >= 11 is 0. The van der Waals surface area contributed by atoms with Crippen LogP contribution in [0, 0.1) is 5.82 Å². The lowest BCUT2D eigenvalue weighted by Gasteiger charge is -2.39. The molecule has 0 saturated heterocycles. The van der Waals surface area contributed by atoms with Crippen molar-refractivity contribution in [3.63, 3.8) is 0 Å². The number of pyridine rings is 1. The van der Waals surface area contributed by atoms with Crippen molar-refractivity contribution >= 4 is 21.6 Å². The molecule has 0 spiro atoms. The van der Waals surface area contributed by atoms with E-state index < -0.39 is 56.2 Å².